The number of benzene rings is 3. The van der Waals surface area contributed by atoms with E-state index in [4.69, 9.17) is 9.47 Å². The number of carbonyl (C=O) groups excluding carboxylic acids is 2. The minimum Gasteiger partial charge on any atom is -0.465 e. The predicted octanol–water partition coefficient (Wildman–Crippen LogP) is 4.87. The summed E-state index contributed by atoms with van der Waals surface area (Å²) in [5, 5.41) is 0. The number of hydrogen-bond acceptors (Lipinski definition) is 4. The minimum atomic E-state index is -0.820. The fraction of sp³-hybridized carbons (Fsp3) is 0.200. The number of cyclic esters (lactones) is 1. The Kier molecular flexibility index (Phi) is 5.91. The van der Waals surface area contributed by atoms with Gasteiger partial charge in [0.2, 0.25) is 0 Å². The maximum Gasteiger partial charge on any atom is 0.325 e. The van der Waals surface area contributed by atoms with Crippen LogP contribution in [0.5, 0.6) is 5.75 Å². The molecule has 5 heteroatoms. The number of carbonyl (C=O) groups is 2. The quantitative estimate of drug-likeness (QED) is 0.256. The molecule has 1 aliphatic rings. The van der Waals surface area contributed by atoms with Gasteiger partial charge in [0, 0.05) is 6.42 Å². The van der Waals surface area contributed by atoms with Gasteiger partial charge in [-0.25, -0.2) is 0 Å². The van der Waals surface area contributed by atoms with Crippen molar-refractivity contribution in [1.29, 1.82) is 0 Å². The molecule has 0 saturated carbocycles. The molecule has 0 spiro atoms. The smallest absolute Gasteiger partial charge is 0.325 e. The average molecular weight is 420 g/mol. The lowest BCUT2D eigenvalue weighted by Gasteiger charge is -2.10. The Morgan fingerprint density at radius 3 is 1.73 bits per heavy atom. The van der Waals surface area contributed by atoms with Gasteiger partial charge in [-0.15, -0.1) is 0 Å². The summed E-state index contributed by atoms with van der Waals surface area (Å²) in [6.45, 7) is 4.43. The maximum absolute atomic E-state index is 12.2. The summed E-state index contributed by atoms with van der Waals surface area (Å²) in [7, 11) is -0.274. The highest BCUT2D eigenvalue weighted by atomic mass is 32.2. The molecule has 3 aromatic rings. The van der Waals surface area contributed by atoms with Crippen LogP contribution in [0.2, 0.25) is 0 Å². The highest BCUT2D eigenvalue weighted by molar-refractivity contribution is 7.97. The molecule has 152 valence electrons. The number of ether oxygens (including phenoxy) is 2. The molecule has 0 N–H and O–H groups in total. The first kappa shape index (κ1) is 20.2. The molecule has 1 unspecified atom stereocenters. The minimum absolute atomic E-state index is 0.271. The van der Waals surface area contributed by atoms with E-state index in [0.29, 0.717) is 12.2 Å². The lowest BCUT2D eigenvalue weighted by atomic mass is 10.1. The lowest BCUT2D eigenvalue weighted by Crippen LogP contribution is -2.24. The second kappa shape index (κ2) is 8.76. The van der Waals surface area contributed by atoms with E-state index in [-0.39, 0.29) is 17.5 Å². The number of hydrogen-bond donors (Lipinski definition) is 0. The van der Waals surface area contributed by atoms with Crippen LogP contribution in [0.1, 0.15) is 17.5 Å². The third-order valence-corrected chi connectivity index (χ3v) is 7.24. The molecule has 1 heterocycles. The van der Waals surface area contributed by atoms with Crippen LogP contribution in [0, 0.1) is 19.8 Å². The predicted molar refractivity (Wildman–Crippen MR) is 116 cm³/mol. The third kappa shape index (κ3) is 4.41. The van der Waals surface area contributed by atoms with E-state index in [9.17, 15) is 9.59 Å². The second-order valence-corrected chi connectivity index (χ2v) is 9.36. The van der Waals surface area contributed by atoms with E-state index in [1.165, 1.54) is 20.9 Å². The van der Waals surface area contributed by atoms with Crippen molar-refractivity contribution in [2.75, 3.05) is 6.61 Å². The molecule has 0 bridgehead atoms. The zero-order valence-electron chi connectivity index (χ0n) is 17.0. The molecule has 0 aromatic heterocycles. The molecule has 0 aliphatic carbocycles. The molecule has 0 amide bonds. The highest BCUT2D eigenvalue weighted by Gasteiger charge is 2.35. The molecule has 4 nitrogen and oxygen atoms in total. The van der Waals surface area contributed by atoms with Crippen LogP contribution in [-0.4, -0.2) is 18.5 Å². The Labute approximate surface area is 179 Å². The molecule has 0 radical (unpaired) electrons. The largest absolute Gasteiger partial charge is 0.465 e. The highest BCUT2D eigenvalue weighted by Crippen LogP contribution is 2.32. The SMILES string of the molecule is Cc1ccc([S+](c2ccc(C)cc2)c2ccc(OC(=O)C3CCOC3=O)cc2)cc1. The number of esters is 2. The summed E-state index contributed by atoms with van der Waals surface area (Å²) in [6.07, 6.45) is 0.375. The van der Waals surface area contributed by atoms with E-state index in [1.807, 2.05) is 12.1 Å². The van der Waals surface area contributed by atoms with Crippen LogP contribution in [-0.2, 0) is 25.2 Å². The van der Waals surface area contributed by atoms with Crippen molar-refractivity contribution >= 4 is 22.8 Å². The Morgan fingerprint density at radius 2 is 1.30 bits per heavy atom. The molecule has 1 fully saturated rings. The van der Waals surface area contributed by atoms with Gasteiger partial charge in [0.05, 0.1) is 17.5 Å². The van der Waals surface area contributed by atoms with Crippen molar-refractivity contribution in [2.45, 2.75) is 35.0 Å². The Balaban J connectivity index is 1.61. The Bertz CT molecular complexity index is 995. The summed E-state index contributed by atoms with van der Waals surface area (Å²) in [5.41, 5.74) is 2.44. The fourth-order valence-corrected chi connectivity index (χ4v) is 5.34. The van der Waals surface area contributed by atoms with Gasteiger partial charge in [-0.3, -0.25) is 9.59 Å². The topological polar surface area (TPSA) is 52.6 Å². The van der Waals surface area contributed by atoms with Crippen LogP contribution in [0.4, 0.5) is 0 Å². The van der Waals surface area contributed by atoms with Gasteiger partial charge >= 0.3 is 11.9 Å². The molecule has 30 heavy (non-hydrogen) atoms. The maximum atomic E-state index is 12.2. The molecular formula is C25H23O4S+. The molecule has 3 aromatic carbocycles. The normalized spacial score (nSPS) is 15.8. The standard InChI is InChI=1S/C25H23O4S/c1-17-3-9-20(10-4-17)30(21-11-5-18(2)6-12-21)22-13-7-19(8-14-22)29-25(27)23-15-16-28-24(23)26/h3-14,23H,15-16H2,1-2H3/q+1. The van der Waals surface area contributed by atoms with Gasteiger partial charge in [-0.05, 0) is 62.4 Å². The van der Waals surface area contributed by atoms with Crippen LogP contribution in [0.15, 0.2) is 87.5 Å². The van der Waals surface area contributed by atoms with Crippen LogP contribution in [0.25, 0.3) is 0 Å². The van der Waals surface area contributed by atoms with Gasteiger partial charge in [0.15, 0.2) is 20.6 Å². The van der Waals surface area contributed by atoms with Crippen molar-refractivity contribution in [3.05, 3.63) is 83.9 Å². The number of aryl methyl sites for hydroxylation is 2. The van der Waals surface area contributed by atoms with Gasteiger partial charge in [-0.1, -0.05) is 35.4 Å². The second-order valence-electron chi connectivity index (χ2n) is 7.33. The van der Waals surface area contributed by atoms with Crippen molar-refractivity contribution in [3.8, 4) is 5.75 Å². The van der Waals surface area contributed by atoms with Crippen molar-refractivity contribution in [3.63, 3.8) is 0 Å². The summed E-state index contributed by atoms with van der Waals surface area (Å²) in [4.78, 5) is 27.4. The molecule has 1 atom stereocenters. The van der Waals surface area contributed by atoms with E-state index >= 15 is 0 Å². The molecule has 1 saturated heterocycles. The van der Waals surface area contributed by atoms with Crippen molar-refractivity contribution in [1.82, 2.24) is 0 Å². The average Bonchev–Trinajstić information content (AvgIpc) is 3.18. The fourth-order valence-electron chi connectivity index (χ4n) is 3.30. The first-order chi connectivity index (χ1) is 14.5. The van der Waals surface area contributed by atoms with Gasteiger partial charge in [0.1, 0.15) is 5.75 Å². The van der Waals surface area contributed by atoms with Crippen LogP contribution in [0.3, 0.4) is 0 Å². The summed E-state index contributed by atoms with van der Waals surface area (Å²) < 4.78 is 10.3. The van der Waals surface area contributed by atoms with E-state index < -0.39 is 17.9 Å². The van der Waals surface area contributed by atoms with Crippen LogP contribution < -0.4 is 4.74 Å². The monoisotopic (exact) mass is 419 g/mol. The summed E-state index contributed by atoms with van der Waals surface area (Å²) in [6, 6.07) is 24.7. The summed E-state index contributed by atoms with van der Waals surface area (Å²) in [5.74, 6) is -1.45. The van der Waals surface area contributed by atoms with Crippen molar-refractivity contribution in [2.24, 2.45) is 5.92 Å². The van der Waals surface area contributed by atoms with Crippen LogP contribution >= 0.6 is 0 Å². The number of rotatable bonds is 5. The first-order valence-corrected chi connectivity index (χ1v) is 11.1. The van der Waals surface area contributed by atoms with E-state index in [1.54, 1.807) is 12.1 Å². The third-order valence-electron chi connectivity index (χ3n) is 5.01. The zero-order valence-corrected chi connectivity index (χ0v) is 17.8. The zero-order chi connectivity index (χ0) is 21.1. The van der Waals surface area contributed by atoms with E-state index in [0.717, 1.165) is 4.90 Å². The Hall–Kier alpha value is -3.05. The first-order valence-electron chi connectivity index (χ1n) is 9.87. The van der Waals surface area contributed by atoms with Crippen molar-refractivity contribution < 1.29 is 19.1 Å². The summed E-state index contributed by atoms with van der Waals surface area (Å²) >= 11 is 0. The van der Waals surface area contributed by atoms with Gasteiger partial charge < -0.3 is 9.47 Å². The lowest BCUT2D eigenvalue weighted by molar-refractivity contribution is -0.150. The van der Waals surface area contributed by atoms with Gasteiger partial charge in [0.25, 0.3) is 0 Å². The molecule has 1 aliphatic heterocycles. The molecular weight excluding hydrogens is 396 g/mol. The Morgan fingerprint density at radius 1 is 0.833 bits per heavy atom. The van der Waals surface area contributed by atoms with Gasteiger partial charge in [-0.2, -0.15) is 0 Å². The van der Waals surface area contributed by atoms with E-state index in [2.05, 4.69) is 62.4 Å². The molecule has 4 rings (SSSR count).